The van der Waals surface area contributed by atoms with Crippen LogP contribution in [-0.2, 0) is 11.3 Å². The Morgan fingerprint density at radius 2 is 2.07 bits per heavy atom. The van der Waals surface area contributed by atoms with E-state index in [9.17, 15) is 0 Å². The minimum Gasteiger partial charge on any atom is -0.378 e. The second-order valence-corrected chi connectivity index (χ2v) is 4.02. The highest BCUT2D eigenvalue weighted by atomic mass is 32.1. The molecule has 0 fully saturated rings. The molecule has 0 bridgehead atoms. The van der Waals surface area contributed by atoms with E-state index in [2.05, 4.69) is 15.0 Å². The van der Waals surface area contributed by atoms with Gasteiger partial charge in [0.1, 0.15) is 0 Å². The summed E-state index contributed by atoms with van der Waals surface area (Å²) in [5, 5.41) is 2.80. The molecule has 0 aliphatic carbocycles. The Kier molecular flexibility index (Phi) is 3.03. The molecule has 2 aromatic heterocycles. The number of aryl methyl sites for hydroxylation is 1. The van der Waals surface area contributed by atoms with Gasteiger partial charge in [-0.1, -0.05) is 0 Å². The van der Waals surface area contributed by atoms with Crippen molar-refractivity contribution in [3.8, 4) is 10.8 Å². The van der Waals surface area contributed by atoms with Gasteiger partial charge < -0.3 is 4.74 Å². The molecule has 15 heavy (non-hydrogen) atoms. The smallest absolute Gasteiger partial charge is 0.188 e. The molecule has 0 amide bonds. The van der Waals surface area contributed by atoms with Crippen molar-refractivity contribution in [2.75, 3.05) is 7.11 Å². The number of hydrogen-bond donors (Lipinski definition) is 0. The zero-order valence-electron chi connectivity index (χ0n) is 8.60. The Balaban J connectivity index is 2.25. The van der Waals surface area contributed by atoms with Gasteiger partial charge in [-0.25, -0.2) is 15.0 Å². The van der Waals surface area contributed by atoms with Gasteiger partial charge in [-0.2, -0.15) is 0 Å². The van der Waals surface area contributed by atoms with Crippen LogP contribution >= 0.6 is 11.3 Å². The molecule has 0 aromatic carbocycles. The second-order valence-electron chi connectivity index (χ2n) is 3.16. The summed E-state index contributed by atoms with van der Waals surface area (Å²) in [6, 6.07) is 0. The Morgan fingerprint density at radius 3 is 2.73 bits per heavy atom. The Hall–Kier alpha value is -1.33. The third kappa shape index (κ3) is 2.37. The first-order valence-electron chi connectivity index (χ1n) is 4.52. The van der Waals surface area contributed by atoms with E-state index in [-0.39, 0.29) is 0 Å². The SMILES string of the molecule is COCc1csc(-c2ncc(C)cn2)n1. The first-order chi connectivity index (χ1) is 7.29. The highest BCUT2D eigenvalue weighted by Gasteiger charge is 2.06. The van der Waals surface area contributed by atoms with E-state index in [0.29, 0.717) is 12.4 Å². The summed E-state index contributed by atoms with van der Waals surface area (Å²) in [5.74, 6) is 0.674. The maximum Gasteiger partial charge on any atom is 0.188 e. The predicted octanol–water partition coefficient (Wildman–Crippen LogP) is 2.05. The van der Waals surface area contributed by atoms with Crippen molar-refractivity contribution in [1.82, 2.24) is 15.0 Å². The Labute approximate surface area is 92.0 Å². The molecule has 0 saturated heterocycles. The fourth-order valence-electron chi connectivity index (χ4n) is 1.13. The van der Waals surface area contributed by atoms with Gasteiger partial charge in [-0.3, -0.25) is 0 Å². The van der Waals surface area contributed by atoms with Gasteiger partial charge in [0.05, 0.1) is 12.3 Å². The summed E-state index contributed by atoms with van der Waals surface area (Å²) >= 11 is 1.53. The van der Waals surface area contributed by atoms with E-state index in [0.717, 1.165) is 16.3 Å². The molecule has 0 unspecified atom stereocenters. The van der Waals surface area contributed by atoms with Crippen LogP contribution in [0.25, 0.3) is 10.8 Å². The topological polar surface area (TPSA) is 47.9 Å². The lowest BCUT2D eigenvalue weighted by molar-refractivity contribution is 0.182. The lowest BCUT2D eigenvalue weighted by Gasteiger charge is -1.94. The number of ether oxygens (including phenoxy) is 1. The normalized spacial score (nSPS) is 10.5. The van der Waals surface area contributed by atoms with Crippen LogP contribution in [0.4, 0.5) is 0 Å². The molecule has 5 heteroatoms. The molecule has 0 aliphatic rings. The Morgan fingerprint density at radius 1 is 1.33 bits per heavy atom. The monoisotopic (exact) mass is 221 g/mol. The van der Waals surface area contributed by atoms with Gasteiger partial charge in [0.25, 0.3) is 0 Å². The van der Waals surface area contributed by atoms with Gasteiger partial charge >= 0.3 is 0 Å². The zero-order chi connectivity index (χ0) is 10.7. The number of nitrogens with zero attached hydrogens (tertiary/aromatic N) is 3. The van der Waals surface area contributed by atoms with Crippen LogP contribution in [0.3, 0.4) is 0 Å². The van der Waals surface area contributed by atoms with Crippen LogP contribution in [0.1, 0.15) is 11.3 Å². The maximum atomic E-state index is 5.00. The van der Waals surface area contributed by atoms with E-state index in [1.54, 1.807) is 19.5 Å². The third-order valence-corrected chi connectivity index (χ3v) is 2.70. The molecule has 0 radical (unpaired) electrons. The minimum absolute atomic E-state index is 0.530. The van der Waals surface area contributed by atoms with Gasteiger partial charge in [0.15, 0.2) is 10.8 Å². The number of hydrogen-bond acceptors (Lipinski definition) is 5. The van der Waals surface area contributed by atoms with E-state index >= 15 is 0 Å². The average Bonchev–Trinajstić information content (AvgIpc) is 2.68. The van der Waals surface area contributed by atoms with E-state index in [1.165, 1.54) is 11.3 Å². The number of methoxy groups -OCH3 is 1. The van der Waals surface area contributed by atoms with Crippen molar-refractivity contribution >= 4 is 11.3 Å². The van der Waals surface area contributed by atoms with Crippen LogP contribution in [0.2, 0.25) is 0 Å². The van der Waals surface area contributed by atoms with E-state index in [4.69, 9.17) is 4.74 Å². The summed E-state index contributed by atoms with van der Waals surface area (Å²) in [6.45, 7) is 2.49. The second kappa shape index (κ2) is 4.46. The van der Waals surface area contributed by atoms with Crippen molar-refractivity contribution in [1.29, 1.82) is 0 Å². The first-order valence-corrected chi connectivity index (χ1v) is 5.40. The van der Waals surface area contributed by atoms with Crippen molar-refractivity contribution < 1.29 is 4.74 Å². The lowest BCUT2D eigenvalue weighted by atomic mass is 10.4. The molecule has 2 heterocycles. The highest BCUT2D eigenvalue weighted by Crippen LogP contribution is 2.19. The molecule has 0 spiro atoms. The summed E-state index contributed by atoms with van der Waals surface area (Å²) in [6.07, 6.45) is 3.58. The third-order valence-electron chi connectivity index (χ3n) is 1.82. The standard InChI is InChI=1S/C10H11N3OS/c1-7-3-11-9(12-4-7)10-13-8(5-14-2)6-15-10/h3-4,6H,5H2,1-2H3. The fourth-order valence-corrected chi connectivity index (χ4v) is 1.88. The summed E-state index contributed by atoms with van der Waals surface area (Å²) in [4.78, 5) is 12.8. The number of aromatic nitrogens is 3. The molecule has 78 valence electrons. The number of rotatable bonds is 3. The maximum absolute atomic E-state index is 5.00. The zero-order valence-corrected chi connectivity index (χ0v) is 9.41. The van der Waals surface area contributed by atoms with Gasteiger partial charge in [0, 0.05) is 24.9 Å². The van der Waals surface area contributed by atoms with Crippen LogP contribution in [0.15, 0.2) is 17.8 Å². The van der Waals surface area contributed by atoms with Gasteiger partial charge in [-0.15, -0.1) is 11.3 Å². The average molecular weight is 221 g/mol. The Bertz CT molecular complexity index is 438. The molecule has 2 rings (SSSR count). The molecular formula is C10H11N3OS. The molecule has 2 aromatic rings. The van der Waals surface area contributed by atoms with Gasteiger partial charge in [-0.05, 0) is 12.5 Å². The molecule has 4 nitrogen and oxygen atoms in total. The van der Waals surface area contributed by atoms with E-state index < -0.39 is 0 Å². The van der Waals surface area contributed by atoms with Crippen LogP contribution in [0.5, 0.6) is 0 Å². The van der Waals surface area contributed by atoms with Gasteiger partial charge in [0.2, 0.25) is 0 Å². The van der Waals surface area contributed by atoms with Crippen LogP contribution < -0.4 is 0 Å². The number of thiazole rings is 1. The molecule has 0 N–H and O–H groups in total. The lowest BCUT2D eigenvalue weighted by Crippen LogP contribution is -1.90. The fraction of sp³-hybridized carbons (Fsp3) is 0.300. The predicted molar refractivity (Wildman–Crippen MR) is 58.6 cm³/mol. The minimum atomic E-state index is 0.530. The summed E-state index contributed by atoms with van der Waals surface area (Å²) < 4.78 is 5.00. The van der Waals surface area contributed by atoms with E-state index in [1.807, 2.05) is 12.3 Å². The summed E-state index contributed by atoms with van der Waals surface area (Å²) in [7, 11) is 1.65. The molecule has 0 saturated carbocycles. The van der Waals surface area contributed by atoms with Crippen molar-refractivity contribution in [2.45, 2.75) is 13.5 Å². The molecule has 0 atom stereocenters. The van der Waals surface area contributed by atoms with Crippen molar-refractivity contribution in [2.24, 2.45) is 0 Å². The molecular weight excluding hydrogens is 210 g/mol. The van der Waals surface area contributed by atoms with Crippen LogP contribution in [-0.4, -0.2) is 22.1 Å². The first kappa shape index (κ1) is 10.2. The highest BCUT2D eigenvalue weighted by molar-refractivity contribution is 7.13. The van der Waals surface area contributed by atoms with Crippen LogP contribution in [0, 0.1) is 6.92 Å². The largest absolute Gasteiger partial charge is 0.378 e. The quantitative estimate of drug-likeness (QED) is 0.796. The molecule has 0 aliphatic heterocycles. The van der Waals surface area contributed by atoms with Crippen molar-refractivity contribution in [3.63, 3.8) is 0 Å². The van der Waals surface area contributed by atoms with Crippen molar-refractivity contribution in [3.05, 3.63) is 29.0 Å². The summed E-state index contributed by atoms with van der Waals surface area (Å²) in [5.41, 5.74) is 1.97.